The molecular weight excluding hydrogens is 424 g/mol. The van der Waals surface area contributed by atoms with E-state index >= 15 is 0 Å². The van der Waals surface area contributed by atoms with E-state index in [0.29, 0.717) is 6.04 Å². The van der Waals surface area contributed by atoms with Crippen LogP contribution < -0.4 is 15.7 Å². The second kappa shape index (κ2) is 11.1. The van der Waals surface area contributed by atoms with E-state index in [0.717, 1.165) is 56.0 Å². The van der Waals surface area contributed by atoms with Crippen LogP contribution in [0.1, 0.15) is 51.0 Å². The summed E-state index contributed by atoms with van der Waals surface area (Å²) in [5, 5.41) is 3.76. The molecule has 180 valence electrons. The third-order valence-electron chi connectivity index (χ3n) is 7.30. The van der Waals surface area contributed by atoms with Crippen LogP contribution in [0.3, 0.4) is 0 Å². The summed E-state index contributed by atoms with van der Waals surface area (Å²) in [5.74, 6) is 1.56. The normalized spacial score (nSPS) is 21.4. The molecule has 1 N–H and O–H groups in total. The van der Waals surface area contributed by atoms with Gasteiger partial charge in [0.2, 0.25) is 0 Å². The Kier molecular flexibility index (Phi) is 7.46. The van der Waals surface area contributed by atoms with Gasteiger partial charge in [-0.15, -0.1) is 0 Å². The molecule has 2 aliphatic rings. The number of nitrogens with zero attached hydrogens (tertiary/aromatic N) is 3. The summed E-state index contributed by atoms with van der Waals surface area (Å²) in [6.45, 7) is 4.77. The second-order valence-electron chi connectivity index (χ2n) is 9.63. The molecule has 2 aromatic carbocycles. The molecule has 1 aromatic heterocycles. The Hall–Kier alpha value is -2.83. The number of aromatic nitrogens is 2. The summed E-state index contributed by atoms with van der Waals surface area (Å²) in [7, 11) is 0. The molecule has 0 atom stereocenters. The molecular formula is C28H36N4O2. The van der Waals surface area contributed by atoms with Crippen LogP contribution in [0.5, 0.6) is 11.5 Å². The lowest BCUT2D eigenvalue weighted by Gasteiger charge is -2.31. The molecule has 3 aromatic rings. The molecule has 1 aliphatic carbocycles. The summed E-state index contributed by atoms with van der Waals surface area (Å²) >= 11 is 0. The van der Waals surface area contributed by atoms with Gasteiger partial charge in [0.15, 0.2) is 0 Å². The highest BCUT2D eigenvalue weighted by Gasteiger charge is 2.24. The van der Waals surface area contributed by atoms with E-state index in [1.807, 2.05) is 71.6 Å². The zero-order valence-corrected chi connectivity index (χ0v) is 19.9. The first-order valence-corrected chi connectivity index (χ1v) is 12.8. The Bertz CT molecular complexity index is 1080. The van der Waals surface area contributed by atoms with E-state index < -0.39 is 0 Å². The summed E-state index contributed by atoms with van der Waals surface area (Å²) < 4.78 is 9.53. The van der Waals surface area contributed by atoms with Crippen LogP contribution in [-0.4, -0.2) is 46.3 Å². The van der Waals surface area contributed by atoms with E-state index in [-0.39, 0.29) is 11.7 Å². The summed E-state index contributed by atoms with van der Waals surface area (Å²) in [4.78, 5) is 15.7. The summed E-state index contributed by atoms with van der Waals surface area (Å²) in [6, 6.07) is 18.3. The van der Waals surface area contributed by atoms with Crippen LogP contribution in [0.2, 0.25) is 0 Å². The summed E-state index contributed by atoms with van der Waals surface area (Å²) in [6.07, 6.45) is 12.3. The number of imidazole rings is 1. The number of rotatable bonds is 8. The highest BCUT2D eigenvalue weighted by molar-refractivity contribution is 5.39. The monoisotopic (exact) mass is 460 g/mol. The molecule has 2 fully saturated rings. The number of benzene rings is 2. The Morgan fingerprint density at radius 3 is 2.26 bits per heavy atom. The fraction of sp³-hybridized carbons (Fsp3) is 0.464. The topological polar surface area (TPSA) is 51.4 Å². The van der Waals surface area contributed by atoms with Crippen molar-refractivity contribution in [3.63, 3.8) is 0 Å². The first-order chi connectivity index (χ1) is 16.8. The van der Waals surface area contributed by atoms with E-state index in [4.69, 9.17) is 4.74 Å². The standard InChI is InChI=1S/C28H36N4O2/c33-28-31(24-11-9-23(10-12-24)29-17-20-30-18-5-2-6-19-30)21-22-32(28)25-13-15-27(16-14-25)34-26-7-3-1-4-8-26/h1,3-4,7-8,13-16,21-24,29H,2,5-6,9-12,17-20H2. The van der Waals surface area contributed by atoms with E-state index in [1.54, 1.807) is 4.57 Å². The first-order valence-electron chi connectivity index (χ1n) is 12.8. The lowest BCUT2D eigenvalue weighted by atomic mass is 9.91. The van der Waals surface area contributed by atoms with Gasteiger partial charge in [0.05, 0.1) is 5.69 Å². The highest BCUT2D eigenvalue weighted by atomic mass is 16.5. The minimum absolute atomic E-state index is 0.0400. The molecule has 0 amide bonds. The Morgan fingerprint density at radius 1 is 0.824 bits per heavy atom. The number of likely N-dealkylation sites (tertiary alicyclic amines) is 1. The predicted molar refractivity (Wildman–Crippen MR) is 136 cm³/mol. The van der Waals surface area contributed by atoms with Gasteiger partial charge in [-0.3, -0.25) is 9.13 Å². The third-order valence-corrected chi connectivity index (χ3v) is 7.30. The molecule has 0 radical (unpaired) electrons. The average Bonchev–Trinajstić information content (AvgIpc) is 3.27. The number of hydrogen-bond acceptors (Lipinski definition) is 4. The molecule has 1 aliphatic heterocycles. The highest BCUT2D eigenvalue weighted by Crippen LogP contribution is 2.28. The van der Waals surface area contributed by atoms with Crippen molar-refractivity contribution in [1.29, 1.82) is 0 Å². The van der Waals surface area contributed by atoms with Crippen molar-refractivity contribution in [2.75, 3.05) is 26.2 Å². The van der Waals surface area contributed by atoms with Crippen molar-refractivity contribution >= 4 is 0 Å². The van der Waals surface area contributed by atoms with Crippen molar-refractivity contribution in [3.8, 4) is 17.2 Å². The van der Waals surface area contributed by atoms with Gasteiger partial charge in [0, 0.05) is 37.6 Å². The number of nitrogens with one attached hydrogen (secondary N) is 1. The Labute approximate surface area is 202 Å². The maximum atomic E-state index is 13.1. The fourth-order valence-corrected chi connectivity index (χ4v) is 5.33. The van der Waals surface area contributed by atoms with Crippen LogP contribution in [-0.2, 0) is 0 Å². The maximum absolute atomic E-state index is 13.1. The first kappa shape index (κ1) is 22.9. The minimum Gasteiger partial charge on any atom is -0.457 e. The Morgan fingerprint density at radius 2 is 1.53 bits per heavy atom. The van der Waals surface area contributed by atoms with Crippen molar-refractivity contribution < 1.29 is 4.74 Å². The molecule has 6 heteroatoms. The predicted octanol–water partition coefficient (Wildman–Crippen LogP) is 4.99. The van der Waals surface area contributed by atoms with E-state index in [2.05, 4.69) is 10.2 Å². The smallest absolute Gasteiger partial charge is 0.332 e. The Balaban J connectivity index is 1.13. The van der Waals surface area contributed by atoms with Crippen molar-refractivity contribution in [1.82, 2.24) is 19.4 Å². The van der Waals surface area contributed by atoms with Gasteiger partial charge < -0.3 is 15.0 Å². The molecule has 34 heavy (non-hydrogen) atoms. The van der Waals surface area contributed by atoms with Crippen molar-refractivity contribution in [2.24, 2.45) is 0 Å². The molecule has 2 heterocycles. The molecule has 0 spiro atoms. The molecule has 1 saturated heterocycles. The van der Waals surface area contributed by atoms with Crippen LogP contribution >= 0.6 is 0 Å². The SMILES string of the molecule is O=c1n(-c2ccc(Oc3ccccc3)cc2)ccn1C1CCC(NCCN2CCCCC2)CC1. The van der Waals surface area contributed by atoms with Crippen LogP contribution in [0.25, 0.3) is 5.69 Å². The molecule has 0 bridgehead atoms. The van der Waals surface area contributed by atoms with Gasteiger partial charge in [0.1, 0.15) is 11.5 Å². The summed E-state index contributed by atoms with van der Waals surface area (Å²) in [5.41, 5.74) is 0.899. The zero-order valence-electron chi connectivity index (χ0n) is 19.9. The molecule has 0 unspecified atom stereocenters. The van der Waals surface area contributed by atoms with Gasteiger partial charge in [0.25, 0.3) is 0 Å². The zero-order chi connectivity index (χ0) is 23.2. The van der Waals surface area contributed by atoms with Gasteiger partial charge in [-0.25, -0.2) is 4.79 Å². The lowest BCUT2D eigenvalue weighted by Crippen LogP contribution is -2.41. The van der Waals surface area contributed by atoms with Crippen molar-refractivity contribution in [2.45, 2.75) is 57.0 Å². The van der Waals surface area contributed by atoms with Gasteiger partial charge in [-0.05, 0) is 88.0 Å². The van der Waals surface area contributed by atoms with E-state index in [1.165, 1.54) is 32.4 Å². The van der Waals surface area contributed by atoms with Crippen molar-refractivity contribution in [3.05, 3.63) is 77.5 Å². The largest absolute Gasteiger partial charge is 0.457 e. The number of ether oxygens (including phenoxy) is 1. The fourth-order valence-electron chi connectivity index (χ4n) is 5.33. The van der Waals surface area contributed by atoms with Crippen LogP contribution in [0.4, 0.5) is 0 Å². The number of para-hydroxylation sites is 1. The number of hydrogen-bond donors (Lipinski definition) is 1. The van der Waals surface area contributed by atoms with Gasteiger partial charge in [-0.2, -0.15) is 0 Å². The average molecular weight is 461 g/mol. The lowest BCUT2D eigenvalue weighted by molar-refractivity contribution is 0.218. The molecule has 5 rings (SSSR count). The van der Waals surface area contributed by atoms with Gasteiger partial charge >= 0.3 is 5.69 Å². The maximum Gasteiger partial charge on any atom is 0.332 e. The van der Waals surface area contributed by atoms with E-state index in [9.17, 15) is 4.79 Å². The second-order valence-corrected chi connectivity index (χ2v) is 9.63. The van der Waals surface area contributed by atoms with Crippen LogP contribution in [0, 0.1) is 0 Å². The number of piperidine rings is 1. The molecule has 1 saturated carbocycles. The molecule has 6 nitrogen and oxygen atoms in total. The van der Waals surface area contributed by atoms with Crippen LogP contribution in [0.15, 0.2) is 71.8 Å². The minimum atomic E-state index is 0.0400. The quantitative estimate of drug-likeness (QED) is 0.515. The third kappa shape index (κ3) is 5.62. The van der Waals surface area contributed by atoms with Gasteiger partial charge in [-0.1, -0.05) is 24.6 Å².